The van der Waals surface area contributed by atoms with Crippen molar-refractivity contribution in [3.63, 3.8) is 0 Å². The van der Waals surface area contributed by atoms with Crippen molar-refractivity contribution in [1.29, 1.82) is 5.26 Å². The Bertz CT molecular complexity index is 319. The molecule has 0 amide bonds. The number of hydrogen-bond acceptors (Lipinski definition) is 1. The van der Waals surface area contributed by atoms with Gasteiger partial charge in [0.25, 0.3) is 0 Å². The number of nitrogens with zero attached hydrogens (tertiary/aromatic N) is 1. The average Bonchev–Trinajstić information content (AvgIpc) is 2.28. The first-order valence-electron chi connectivity index (χ1n) is 6.91. The number of hydrogen-bond donors (Lipinski definition) is 0. The number of rotatable bonds is 2. The lowest BCUT2D eigenvalue weighted by Gasteiger charge is -2.53. The van der Waals surface area contributed by atoms with Crippen molar-refractivity contribution in [3.05, 3.63) is 11.6 Å². The van der Waals surface area contributed by atoms with E-state index in [4.69, 9.17) is 5.26 Å². The third-order valence-corrected chi connectivity index (χ3v) is 5.22. The van der Waals surface area contributed by atoms with Gasteiger partial charge in [-0.1, -0.05) is 13.0 Å². The van der Waals surface area contributed by atoms with Crippen LogP contribution in [-0.4, -0.2) is 0 Å². The van der Waals surface area contributed by atoms with Crippen LogP contribution in [0.4, 0.5) is 0 Å². The Morgan fingerprint density at radius 3 is 2.12 bits per heavy atom. The summed E-state index contributed by atoms with van der Waals surface area (Å²) in [6.45, 7) is 2.10. The molecule has 0 N–H and O–H groups in total. The molecule has 0 aromatic carbocycles. The van der Waals surface area contributed by atoms with Crippen molar-refractivity contribution < 1.29 is 0 Å². The van der Waals surface area contributed by atoms with Crippen LogP contribution in [0.1, 0.15) is 45.4 Å². The van der Waals surface area contributed by atoms with E-state index < -0.39 is 0 Å². The molecule has 4 aliphatic carbocycles. The third-order valence-electron chi connectivity index (χ3n) is 5.22. The monoisotopic (exact) mass is 215 g/mol. The maximum Gasteiger partial charge on any atom is 0.0943 e. The summed E-state index contributed by atoms with van der Waals surface area (Å²) in [5, 5.41) is 9.06. The van der Waals surface area contributed by atoms with Crippen molar-refractivity contribution in [2.45, 2.75) is 45.4 Å². The topological polar surface area (TPSA) is 23.8 Å². The summed E-state index contributed by atoms with van der Waals surface area (Å²) in [4.78, 5) is 0. The summed E-state index contributed by atoms with van der Waals surface area (Å²) in [5.41, 5.74) is 1.03. The first-order valence-corrected chi connectivity index (χ1v) is 6.91. The quantitative estimate of drug-likeness (QED) is 0.640. The van der Waals surface area contributed by atoms with Gasteiger partial charge in [0.2, 0.25) is 0 Å². The molecule has 0 aliphatic heterocycles. The van der Waals surface area contributed by atoms with E-state index >= 15 is 0 Å². The Morgan fingerprint density at radius 2 is 1.69 bits per heavy atom. The zero-order valence-electron chi connectivity index (χ0n) is 10.2. The van der Waals surface area contributed by atoms with Crippen LogP contribution in [0.15, 0.2) is 11.6 Å². The molecule has 86 valence electrons. The largest absolute Gasteiger partial charge is 0.193 e. The molecule has 16 heavy (non-hydrogen) atoms. The average molecular weight is 215 g/mol. The molecule has 4 fully saturated rings. The molecule has 1 heteroatoms. The van der Waals surface area contributed by atoms with Gasteiger partial charge in [-0.25, -0.2) is 0 Å². The van der Waals surface area contributed by atoms with E-state index in [-0.39, 0.29) is 0 Å². The second-order valence-electron chi connectivity index (χ2n) is 6.17. The number of allylic oxidation sites excluding steroid dienone is 2. The maximum atomic E-state index is 9.06. The lowest BCUT2D eigenvalue weighted by atomic mass is 9.52. The molecule has 0 aromatic rings. The molecule has 4 bridgehead atoms. The standard InChI is InChI=1S/C15H21N/c1-2-10(9-16)8-15-13-4-11-3-12(6-13)7-14(15)5-11/h8,11-15H,2-7H2,1H3/b10-8+. The van der Waals surface area contributed by atoms with E-state index in [0.29, 0.717) is 0 Å². The Morgan fingerprint density at radius 1 is 1.12 bits per heavy atom. The third kappa shape index (κ3) is 1.59. The van der Waals surface area contributed by atoms with Gasteiger partial charge in [-0.3, -0.25) is 0 Å². The first kappa shape index (κ1) is 10.4. The molecule has 0 unspecified atom stereocenters. The molecule has 0 heterocycles. The van der Waals surface area contributed by atoms with Crippen LogP contribution in [0.3, 0.4) is 0 Å². The summed E-state index contributed by atoms with van der Waals surface area (Å²) >= 11 is 0. The fourth-order valence-corrected chi connectivity index (χ4v) is 4.71. The minimum absolute atomic E-state index is 0.752. The van der Waals surface area contributed by atoms with Crippen LogP contribution < -0.4 is 0 Å². The Hall–Kier alpha value is -0.770. The molecule has 1 nitrogen and oxygen atoms in total. The SMILES string of the molecule is CC/C(C#N)=C\C1C2CC3CC(C2)CC1C3. The molecular weight excluding hydrogens is 194 g/mol. The Kier molecular flexibility index (Phi) is 2.54. The Balaban J connectivity index is 1.82. The molecule has 4 rings (SSSR count). The minimum Gasteiger partial charge on any atom is -0.193 e. The lowest BCUT2D eigenvalue weighted by Crippen LogP contribution is -2.44. The molecular formula is C15H21N. The highest BCUT2D eigenvalue weighted by atomic mass is 14.5. The highest BCUT2D eigenvalue weighted by Gasteiger charge is 2.47. The molecule has 0 spiro atoms. The van der Waals surface area contributed by atoms with Crippen LogP contribution in [0, 0.1) is 40.9 Å². The molecule has 4 saturated carbocycles. The first-order chi connectivity index (χ1) is 7.80. The van der Waals surface area contributed by atoms with E-state index in [1.165, 1.54) is 32.1 Å². The predicted octanol–water partition coefficient (Wildman–Crippen LogP) is 3.92. The molecule has 4 aliphatic rings. The van der Waals surface area contributed by atoms with Crippen molar-refractivity contribution in [2.75, 3.05) is 0 Å². The normalized spacial score (nSPS) is 45.8. The molecule has 0 saturated heterocycles. The predicted molar refractivity (Wildman–Crippen MR) is 64.5 cm³/mol. The summed E-state index contributed by atoms with van der Waals surface area (Å²) in [5.74, 6) is 4.68. The Labute approximate surface area is 98.5 Å². The van der Waals surface area contributed by atoms with Crippen LogP contribution in [-0.2, 0) is 0 Å². The van der Waals surface area contributed by atoms with Gasteiger partial charge < -0.3 is 0 Å². The smallest absolute Gasteiger partial charge is 0.0943 e. The zero-order chi connectivity index (χ0) is 11.1. The van der Waals surface area contributed by atoms with E-state index in [9.17, 15) is 0 Å². The summed E-state index contributed by atoms with van der Waals surface area (Å²) < 4.78 is 0. The van der Waals surface area contributed by atoms with Crippen LogP contribution in [0.2, 0.25) is 0 Å². The van der Waals surface area contributed by atoms with Gasteiger partial charge in [-0.05, 0) is 68.1 Å². The molecule has 0 radical (unpaired) electrons. The second kappa shape index (κ2) is 3.91. The van der Waals surface area contributed by atoms with Gasteiger partial charge >= 0.3 is 0 Å². The second-order valence-corrected chi connectivity index (χ2v) is 6.17. The van der Waals surface area contributed by atoms with Crippen molar-refractivity contribution in [2.24, 2.45) is 29.6 Å². The van der Waals surface area contributed by atoms with Gasteiger partial charge in [0.1, 0.15) is 0 Å². The molecule has 0 atom stereocenters. The van der Waals surface area contributed by atoms with Crippen molar-refractivity contribution >= 4 is 0 Å². The summed E-state index contributed by atoms with van der Waals surface area (Å²) in [7, 11) is 0. The van der Waals surface area contributed by atoms with Gasteiger partial charge in [0.15, 0.2) is 0 Å². The van der Waals surface area contributed by atoms with Gasteiger partial charge in [-0.2, -0.15) is 5.26 Å². The van der Waals surface area contributed by atoms with E-state index in [1.54, 1.807) is 0 Å². The highest BCUT2D eigenvalue weighted by molar-refractivity contribution is 5.22. The highest BCUT2D eigenvalue weighted by Crippen LogP contribution is 2.57. The van der Waals surface area contributed by atoms with Gasteiger partial charge in [0, 0.05) is 5.57 Å². The summed E-state index contributed by atoms with van der Waals surface area (Å²) in [6.07, 6.45) is 10.6. The fraction of sp³-hybridized carbons (Fsp3) is 0.800. The van der Waals surface area contributed by atoms with Crippen LogP contribution >= 0.6 is 0 Å². The van der Waals surface area contributed by atoms with Crippen molar-refractivity contribution in [1.82, 2.24) is 0 Å². The fourth-order valence-electron chi connectivity index (χ4n) is 4.71. The lowest BCUT2D eigenvalue weighted by molar-refractivity contribution is -0.0163. The van der Waals surface area contributed by atoms with E-state index in [1.807, 2.05) is 0 Å². The zero-order valence-corrected chi connectivity index (χ0v) is 10.2. The summed E-state index contributed by atoms with van der Waals surface area (Å²) in [6, 6.07) is 2.37. The minimum atomic E-state index is 0.752. The number of nitriles is 1. The van der Waals surface area contributed by atoms with E-state index in [0.717, 1.165) is 41.6 Å². The molecule has 0 aromatic heterocycles. The van der Waals surface area contributed by atoms with Crippen LogP contribution in [0.5, 0.6) is 0 Å². The van der Waals surface area contributed by atoms with E-state index in [2.05, 4.69) is 19.1 Å². The van der Waals surface area contributed by atoms with Gasteiger partial charge in [0.05, 0.1) is 6.07 Å². The van der Waals surface area contributed by atoms with Crippen LogP contribution in [0.25, 0.3) is 0 Å². The van der Waals surface area contributed by atoms with Crippen molar-refractivity contribution in [3.8, 4) is 6.07 Å². The van der Waals surface area contributed by atoms with Gasteiger partial charge in [-0.15, -0.1) is 0 Å². The maximum absolute atomic E-state index is 9.06.